The minimum atomic E-state index is -4.43. The van der Waals surface area contributed by atoms with Crippen molar-refractivity contribution >= 4 is 27.5 Å². The Bertz CT molecular complexity index is 1590. The van der Waals surface area contributed by atoms with Crippen molar-refractivity contribution in [3.63, 3.8) is 0 Å². The third-order valence-corrected chi connectivity index (χ3v) is 9.40. The quantitative estimate of drug-likeness (QED) is 0.256. The van der Waals surface area contributed by atoms with Crippen molar-refractivity contribution in [2.24, 2.45) is 0 Å². The van der Waals surface area contributed by atoms with Crippen molar-refractivity contribution in [1.29, 1.82) is 0 Å². The number of ether oxygens (including phenoxy) is 4. The van der Waals surface area contributed by atoms with Crippen LogP contribution in [-0.2, 0) is 26.2 Å². The van der Waals surface area contributed by atoms with Crippen molar-refractivity contribution in [2.75, 3.05) is 39.3 Å². The van der Waals surface area contributed by atoms with Gasteiger partial charge in [-0.15, -0.1) is 0 Å². The first kappa shape index (κ1) is 35.0. The highest BCUT2D eigenvalue weighted by atomic mass is 32.2. The Morgan fingerprint density at radius 1 is 0.844 bits per heavy atom. The number of sulfonamides is 1. The maximum atomic E-state index is 14.4. The molecule has 0 saturated heterocycles. The second-order valence-corrected chi connectivity index (χ2v) is 12.4. The molecule has 0 unspecified atom stereocenters. The normalized spacial score (nSPS) is 12.4. The van der Waals surface area contributed by atoms with Gasteiger partial charge in [0.1, 0.15) is 24.1 Å². The van der Waals surface area contributed by atoms with Gasteiger partial charge in [-0.05, 0) is 62.6 Å². The summed E-state index contributed by atoms with van der Waals surface area (Å²) in [7, 11) is 1.26. The third kappa shape index (κ3) is 8.18. The second-order valence-electron chi connectivity index (χ2n) is 10.5. The van der Waals surface area contributed by atoms with Crippen LogP contribution in [0.25, 0.3) is 0 Å². The van der Waals surface area contributed by atoms with Gasteiger partial charge < -0.3 is 29.2 Å². The first-order valence-corrected chi connectivity index (χ1v) is 16.0. The van der Waals surface area contributed by atoms with Gasteiger partial charge in [0.15, 0.2) is 11.5 Å². The summed E-state index contributed by atoms with van der Waals surface area (Å²) in [4.78, 5) is 28.9. The van der Waals surface area contributed by atoms with Crippen LogP contribution in [0.15, 0.2) is 65.6 Å². The van der Waals surface area contributed by atoms with Crippen molar-refractivity contribution in [3.05, 3.63) is 71.8 Å². The highest BCUT2D eigenvalue weighted by Gasteiger charge is 2.35. The van der Waals surface area contributed by atoms with E-state index >= 15 is 0 Å². The van der Waals surface area contributed by atoms with Crippen LogP contribution >= 0.6 is 0 Å². The number of aryl methyl sites for hydroxylation is 1. The number of carbonyl (C=O) groups excluding carboxylic acids is 2. The van der Waals surface area contributed by atoms with E-state index in [2.05, 4.69) is 5.32 Å². The maximum absolute atomic E-state index is 14.4. The van der Waals surface area contributed by atoms with E-state index in [9.17, 15) is 18.0 Å². The van der Waals surface area contributed by atoms with Gasteiger partial charge in [0.2, 0.25) is 11.8 Å². The predicted molar refractivity (Wildman–Crippen MR) is 173 cm³/mol. The molecule has 11 nitrogen and oxygen atoms in total. The monoisotopic (exact) mass is 641 g/mol. The van der Waals surface area contributed by atoms with Crippen LogP contribution in [0.2, 0.25) is 0 Å². The molecule has 2 atom stereocenters. The molecule has 3 aromatic rings. The summed E-state index contributed by atoms with van der Waals surface area (Å²) in [6, 6.07) is 15.3. The zero-order valence-electron chi connectivity index (χ0n) is 27.1. The number of hydrogen-bond donors (Lipinski definition) is 1. The van der Waals surface area contributed by atoms with E-state index < -0.39 is 28.5 Å². The predicted octanol–water partition coefficient (Wildman–Crippen LogP) is 4.56. The summed E-state index contributed by atoms with van der Waals surface area (Å²) in [5.41, 5.74) is 1.82. The van der Waals surface area contributed by atoms with E-state index in [1.165, 1.54) is 57.6 Å². The zero-order chi connectivity index (χ0) is 33.3. The number of nitrogens with zero attached hydrogens (tertiary/aromatic N) is 2. The molecular formula is C33H43N3O8S. The second kappa shape index (κ2) is 15.5. The van der Waals surface area contributed by atoms with Gasteiger partial charge in [-0.2, -0.15) is 0 Å². The Morgan fingerprint density at radius 3 is 2.09 bits per heavy atom. The minimum Gasteiger partial charge on any atom is -0.497 e. The molecule has 0 saturated carbocycles. The van der Waals surface area contributed by atoms with Gasteiger partial charge in [-0.3, -0.25) is 13.9 Å². The van der Waals surface area contributed by atoms with E-state index in [1.807, 2.05) is 45.0 Å². The minimum absolute atomic E-state index is 0.0764. The number of nitrogens with one attached hydrogen (secondary N) is 1. The van der Waals surface area contributed by atoms with Gasteiger partial charge in [-0.25, -0.2) is 8.42 Å². The molecule has 45 heavy (non-hydrogen) atoms. The summed E-state index contributed by atoms with van der Waals surface area (Å²) >= 11 is 0. The van der Waals surface area contributed by atoms with Crippen LogP contribution in [-0.4, -0.2) is 72.2 Å². The van der Waals surface area contributed by atoms with E-state index in [4.69, 9.17) is 18.9 Å². The standard InChI is InChI=1S/C33H43N3O8S/c1-9-23(3)34-33(38)24(4)35(20-25-13-11-10-12-22(25)2)32(37)21-36(28-18-26(41-5)14-16-29(28)42-6)45(39,40)27-15-17-30(43-7)31(19-27)44-8/h10-19,23-24H,9,20-21H2,1-8H3,(H,34,38)/t23-,24-/m1/s1. The van der Waals surface area contributed by atoms with E-state index in [-0.39, 0.29) is 40.6 Å². The van der Waals surface area contributed by atoms with E-state index in [0.29, 0.717) is 17.9 Å². The van der Waals surface area contributed by atoms with Gasteiger partial charge in [-0.1, -0.05) is 31.2 Å². The van der Waals surface area contributed by atoms with E-state index in [1.54, 1.807) is 19.1 Å². The van der Waals surface area contributed by atoms with Gasteiger partial charge in [0, 0.05) is 24.7 Å². The molecule has 3 aromatic carbocycles. The SMILES string of the molecule is CC[C@@H](C)NC(=O)[C@@H](C)N(Cc1ccccc1C)C(=O)CN(c1cc(OC)ccc1OC)S(=O)(=O)c1ccc(OC)c(OC)c1. The molecule has 3 rings (SSSR count). The van der Waals surface area contributed by atoms with Crippen LogP contribution in [0.5, 0.6) is 23.0 Å². The first-order valence-electron chi connectivity index (χ1n) is 14.5. The topological polar surface area (TPSA) is 124 Å². The average molecular weight is 642 g/mol. The van der Waals surface area contributed by atoms with Crippen molar-refractivity contribution < 1.29 is 37.0 Å². The number of rotatable bonds is 15. The molecule has 0 aliphatic heterocycles. The average Bonchev–Trinajstić information content (AvgIpc) is 3.05. The molecule has 0 heterocycles. The Kier molecular flexibility index (Phi) is 12.1. The fourth-order valence-electron chi connectivity index (χ4n) is 4.63. The van der Waals surface area contributed by atoms with Gasteiger partial charge >= 0.3 is 0 Å². The Morgan fingerprint density at radius 2 is 1.49 bits per heavy atom. The molecule has 12 heteroatoms. The van der Waals surface area contributed by atoms with Crippen molar-refractivity contribution in [2.45, 2.75) is 57.6 Å². The number of anilines is 1. The molecule has 0 aliphatic rings. The Hall–Kier alpha value is -4.45. The number of methoxy groups -OCH3 is 4. The molecule has 2 amide bonds. The summed E-state index contributed by atoms with van der Waals surface area (Å²) < 4.78 is 51.4. The Labute approximate surface area is 266 Å². The summed E-state index contributed by atoms with van der Waals surface area (Å²) in [6.45, 7) is 6.81. The summed E-state index contributed by atoms with van der Waals surface area (Å²) in [5, 5.41) is 2.94. The molecule has 0 aromatic heterocycles. The fourth-order valence-corrected chi connectivity index (χ4v) is 6.06. The zero-order valence-corrected chi connectivity index (χ0v) is 27.9. The number of carbonyl (C=O) groups is 2. The van der Waals surface area contributed by atoms with Crippen LogP contribution in [0.4, 0.5) is 5.69 Å². The molecule has 0 spiro atoms. The highest BCUT2D eigenvalue weighted by Crippen LogP contribution is 2.37. The molecule has 1 N–H and O–H groups in total. The van der Waals surface area contributed by atoms with Crippen LogP contribution in [0.1, 0.15) is 38.3 Å². The molecule has 0 bridgehead atoms. The lowest BCUT2D eigenvalue weighted by Crippen LogP contribution is -2.52. The largest absolute Gasteiger partial charge is 0.497 e. The van der Waals surface area contributed by atoms with Crippen LogP contribution in [0.3, 0.4) is 0 Å². The maximum Gasteiger partial charge on any atom is 0.265 e. The van der Waals surface area contributed by atoms with Crippen LogP contribution in [0, 0.1) is 6.92 Å². The van der Waals surface area contributed by atoms with Crippen molar-refractivity contribution in [1.82, 2.24) is 10.2 Å². The molecule has 244 valence electrons. The lowest BCUT2D eigenvalue weighted by atomic mass is 10.1. The van der Waals surface area contributed by atoms with Crippen molar-refractivity contribution in [3.8, 4) is 23.0 Å². The molecule has 0 fully saturated rings. The number of amides is 2. The van der Waals surface area contributed by atoms with Gasteiger partial charge in [0.25, 0.3) is 10.0 Å². The van der Waals surface area contributed by atoms with Crippen LogP contribution < -0.4 is 28.6 Å². The smallest absolute Gasteiger partial charge is 0.265 e. The van der Waals surface area contributed by atoms with Gasteiger partial charge in [0.05, 0.1) is 39.0 Å². The number of hydrogen-bond acceptors (Lipinski definition) is 8. The fraction of sp³-hybridized carbons (Fsp3) is 0.394. The third-order valence-electron chi connectivity index (χ3n) is 7.65. The Balaban J connectivity index is 2.18. The first-order chi connectivity index (χ1) is 21.4. The number of benzene rings is 3. The van der Waals surface area contributed by atoms with E-state index in [0.717, 1.165) is 15.4 Å². The highest BCUT2D eigenvalue weighted by molar-refractivity contribution is 7.92. The summed E-state index contributed by atoms with van der Waals surface area (Å²) in [5.74, 6) is 0.130. The molecule has 0 radical (unpaired) electrons. The summed E-state index contributed by atoms with van der Waals surface area (Å²) in [6.07, 6.45) is 0.706. The molecule has 0 aliphatic carbocycles. The lowest BCUT2D eigenvalue weighted by Gasteiger charge is -2.33. The molecular weight excluding hydrogens is 598 g/mol. The lowest BCUT2D eigenvalue weighted by molar-refractivity contribution is -0.139.